The van der Waals surface area contributed by atoms with Crippen molar-refractivity contribution in [2.45, 2.75) is 11.8 Å². The number of hydrogen-bond donors (Lipinski definition) is 0. The molecular formula is C13H14Cl3N3. The number of nitrogens with zero attached hydrogens (tertiary/aromatic N) is 3. The molecule has 0 aliphatic rings. The number of halogens is 3. The molecule has 2 rings (SSSR count). The average molecular weight is 319 g/mol. The third-order valence-electron chi connectivity index (χ3n) is 3.14. The molecule has 0 bridgehead atoms. The molecule has 1 aromatic carbocycles. The molecule has 0 spiro atoms. The van der Waals surface area contributed by atoms with Crippen LogP contribution in [0.1, 0.15) is 11.3 Å². The first-order valence-corrected chi connectivity index (χ1v) is 7.27. The van der Waals surface area contributed by atoms with Crippen LogP contribution in [-0.4, -0.2) is 26.8 Å². The number of hydrogen-bond acceptors (Lipinski definition) is 2. The van der Waals surface area contributed by atoms with E-state index in [-0.39, 0.29) is 5.41 Å². The Bertz CT molecular complexity index is 532. The second-order valence-corrected chi connectivity index (χ2v) is 5.59. The number of rotatable bonds is 5. The van der Waals surface area contributed by atoms with E-state index in [2.05, 4.69) is 10.3 Å². The van der Waals surface area contributed by atoms with E-state index in [1.165, 1.54) is 0 Å². The van der Waals surface area contributed by atoms with Gasteiger partial charge in [-0.3, -0.25) is 4.68 Å². The van der Waals surface area contributed by atoms with Gasteiger partial charge in [0.1, 0.15) is 0 Å². The lowest BCUT2D eigenvalue weighted by Crippen LogP contribution is -2.33. The predicted molar refractivity (Wildman–Crippen MR) is 79.3 cm³/mol. The summed E-state index contributed by atoms with van der Waals surface area (Å²) >= 11 is 18.3. The highest BCUT2D eigenvalue weighted by atomic mass is 35.5. The summed E-state index contributed by atoms with van der Waals surface area (Å²) in [5.74, 6) is 0.823. The number of benzene rings is 1. The molecule has 1 heterocycles. The van der Waals surface area contributed by atoms with Crippen molar-refractivity contribution in [1.29, 1.82) is 0 Å². The summed E-state index contributed by atoms with van der Waals surface area (Å²) in [4.78, 5) is 0. The van der Waals surface area contributed by atoms with Gasteiger partial charge in [0.15, 0.2) is 0 Å². The van der Waals surface area contributed by atoms with Gasteiger partial charge in [-0.15, -0.1) is 28.3 Å². The van der Waals surface area contributed by atoms with Gasteiger partial charge in [0.05, 0.1) is 5.69 Å². The van der Waals surface area contributed by atoms with Gasteiger partial charge < -0.3 is 0 Å². The van der Waals surface area contributed by atoms with Crippen LogP contribution in [0.4, 0.5) is 0 Å². The van der Waals surface area contributed by atoms with Crippen LogP contribution in [0.15, 0.2) is 30.5 Å². The van der Waals surface area contributed by atoms with Crippen molar-refractivity contribution in [3.63, 3.8) is 0 Å². The van der Waals surface area contributed by atoms with Gasteiger partial charge in [0, 0.05) is 41.9 Å². The average Bonchev–Trinajstić information content (AvgIpc) is 2.82. The monoisotopic (exact) mass is 317 g/mol. The first-order valence-electron chi connectivity index (χ1n) is 5.83. The second-order valence-electron chi connectivity index (χ2n) is 4.61. The van der Waals surface area contributed by atoms with E-state index >= 15 is 0 Å². The smallest absolute Gasteiger partial charge is 0.0836 e. The highest BCUT2D eigenvalue weighted by Crippen LogP contribution is 2.31. The third kappa shape index (κ3) is 3.22. The van der Waals surface area contributed by atoms with Crippen LogP contribution in [0.3, 0.4) is 0 Å². The normalized spacial score (nSPS) is 11.8. The Labute approximate surface area is 127 Å². The molecule has 1 aromatic heterocycles. The molecule has 0 fully saturated rings. The molecule has 19 heavy (non-hydrogen) atoms. The van der Waals surface area contributed by atoms with Crippen molar-refractivity contribution < 1.29 is 0 Å². The van der Waals surface area contributed by atoms with Crippen LogP contribution in [-0.2, 0) is 18.9 Å². The molecule has 0 atom stereocenters. The van der Waals surface area contributed by atoms with E-state index in [1.54, 1.807) is 4.68 Å². The zero-order chi connectivity index (χ0) is 13.9. The van der Waals surface area contributed by atoms with Gasteiger partial charge >= 0.3 is 0 Å². The molecular weight excluding hydrogens is 305 g/mol. The summed E-state index contributed by atoms with van der Waals surface area (Å²) in [6.45, 7) is 0. The van der Waals surface area contributed by atoms with Gasteiger partial charge in [-0.1, -0.05) is 28.9 Å². The van der Waals surface area contributed by atoms with E-state index < -0.39 is 0 Å². The fraction of sp³-hybridized carbons (Fsp3) is 0.385. The van der Waals surface area contributed by atoms with E-state index in [1.807, 2.05) is 37.5 Å². The Morgan fingerprint density at radius 3 is 2.26 bits per heavy atom. The fourth-order valence-electron chi connectivity index (χ4n) is 2.01. The van der Waals surface area contributed by atoms with Crippen molar-refractivity contribution in [2.75, 3.05) is 11.8 Å². The summed E-state index contributed by atoms with van der Waals surface area (Å²) in [5, 5.41) is 8.74. The van der Waals surface area contributed by atoms with Crippen LogP contribution in [0.2, 0.25) is 5.02 Å². The highest BCUT2D eigenvalue weighted by molar-refractivity contribution is 6.30. The Kier molecular flexibility index (Phi) is 4.71. The minimum atomic E-state index is -0.357. The number of alkyl halides is 2. The van der Waals surface area contributed by atoms with Gasteiger partial charge in [0.2, 0.25) is 0 Å². The lowest BCUT2D eigenvalue weighted by Gasteiger charge is -2.29. The maximum absolute atomic E-state index is 6.18. The summed E-state index contributed by atoms with van der Waals surface area (Å²) in [5.41, 5.74) is 1.58. The quantitative estimate of drug-likeness (QED) is 0.791. The Morgan fingerprint density at radius 2 is 1.79 bits per heavy atom. The second kappa shape index (κ2) is 6.12. The Hall–Kier alpha value is -0.770. The molecule has 0 radical (unpaired) electrons. The first-order chi connectivity index (χ1) is 9.09. The van der Waals surface area contributed by atoms with Crippen molar-refractivity contribution >= 4 is 34.8 Å². The lowest BCUT2D eigenvalue weighted by molar-refractivity contribution is 0.528. The largest absolute Gasteiger partial charge is 0.255 e. The molecule has 0 unspecified atom stereocenters. The van der Waals surface area contributed by atoms with Gasteiger partial charge in [0.25, 0.3) is 0 Å². The fourth-order valence-corrected chi connectivity index (χ4v) is 2.92. The van der Waals surface area contributed by atoms with E-state index in [0.717, 1.165) is 11.3 Å². The number of aromatic nitrogens is 3. The van der Waals surface area contributed by atoms with Crippen LogP contribution in [0.25, 0.3) is 0 Å². The predicted octanol–water partition coefficient (Wildman–Crippen LogP) is 3.43. The van der Waals surface area contributed by atoms with Crippen molar-refractivity contribution in [2.24, 2.45) is 7.05 Å². The summed E-state index contributed by atoms with van der Waals surface area (Å²) in [6, 6.07) is 7.62. The molecule has 0 N–H and O–H groups in total. The molecule has 0 aliphatic carbocycles. The standard InChI is InChI=1S/C13H14Cl3N3/c1-19-7-12(17-18-19)6-13(8-14,9-15)10-2-4-11(16)5-3-10/h2-5,7H,6,8-9H2,1H3. The van der Waals surface area contributed by atoms with E-state index in [9.17, 15) is 0 Å². The third-order valence-corrected chi connectivity index (χ3v) is 4.41. The molecule has 0 saturated carbocycles. The van der Waals surface area contributed by atoms with Crippen LogP contribution >= 0.6 is 34.8 Å². The molecule has 0 saturated heterocycles. The molecule has 2 aromatic rings. The maximum Gasteiger partial charge on any atom is 0.0836 e. The summed E-state index contributed by atoms with van der Waals surface area (Å²) in [7, 11) is 1.84. The Balaban J connectivity index is 2.33. The van der Waals surface area contributed by atoms with Crippen molar-refractivity contribution in [1.82, 2.24) is 15.0 Å². The topological polar surface area (TPSA) is 30.7 Å². The zero-order valence-electron chi connectivity index (χ0n) is 10.5. The van der Waals surface area contributed by atoms with Crippen LogP contribution in [0, 0.1) is 0 Å². The first kappa shape index (κ1) is 14.6. The van der Waals surface area contributed by atoms with Crippen LogP contribution in [0.5, 0.6) is 0 Å². The molecule has 0 amide bonds. The molecule has 0 aliphatic heterocycles. The van der Waals surface area contributed by atoms with Crippen molar-refractivity contribution in [3.8, 4) is 0 Å². The van der Waals surface area contributed by atoms with Crippen molar-refractivity contribution in [3.05, 3.63) is 46.7 Å². The SMILES string of the molecule is Cn1cc(CC(CCl)(CCl)c2ccc(Cl)cc2)nn1. The van der Waals surface area contributed by atoms with E-state index in [4.69, 9.17) is 34.8 Å². The highest BCUT2D eigenvalue weighted by Gasteiger charge is 2.32. The van der Waals surface area contributed by atoms with E-state index in [0.29, 0.717) is 23.2 Å². The molecule has 6 heteroatoms. The Morgan fingerprint density at radius 1 is 1.16 bits per heavy atom. The number of aryl methyl sites for hydroxylation is 1. The molecule has 102 valence electrons. The maximum atomic E-state index is 6.18. The van der Waals surface area contributed by atoms with Crippen LogP contribution < -0.4 is 0 Å². The van der Waals surface area contributed by atoms with Gasteiger partial charge in [-0.2, -0.15) is 0 Å². The summed E-state index contributed by atoms with van der Waals surface area (Å²) in [6.07, 6.45) is 2.53. The minimum absolute atomic E-state index is 0.357. The minimum Gasteiger partial charge on any atom is -0.255 e. The summed E-state index contributed by atoms with van der Waals surface area (Å²) < 4.78 is 1.67. The lowest BCUT2D eigenvalue weighted by atomic mass is 9.80. The zero-order valence-corrected chi connectivity index (χ0v) is 12.8. The molecule has 3 nitrogen and oxygen atoms in total. The van der Waals surface area contributed by atoms with Gasteiger partial charge in [-0.05, 0) is 17.7 Å². The van der Waals surface area contributed by atoms with Gasteiger partial charge in [-0.25, -0.2) is 0 Å².